The minimum absolute atomic E-state index is 0.127. The molecule has 2 aromatic rings. The minimum Gasteiger partial charge on any atom is -0.491 e. The van der Waals surface area contributed by atoms with E-state index in [0.29, 0.717) is 26.0 Å². The fourth-order valence-corrected chi connectivity index (χ4v) is 4.90. The van der Waals surface area contributed by atoms with Crippen LogP contribution in [0.1, 0.15) is 25.3 Å². The van der Waals surface area contributed by atoms with Gasteiger partial charge in [-0.15, -0.1) is 0 Å². The van der Waals surface area contributed by atoms with Crippen LogP contribution in [0, 0.1) is 12.8 Å². The Morgan fingerprint density at radius 1 is 1.17 bits per heavy atom. The zero-order valence-electron chi connectivity index (χ0n) is 16.9. The first kappa shape index (κ1) is 21.3. The van der Waals surface area contributed by atoms with Gasteiger partial charge in [0.2, 0.25) is 15.9 Å². The van der Waals surface area contributed by atoms with Gasteiger partial charge >= 0.3 is 0 Å². The van der Waals surface area contributed by atoms with Crippen molar-refractivity contribution in [2.45, 2.75) is 37.6 Å². The van der Waals surface area contributed by atoms with Gasteiger partial charge in [0.05, 0.1) is 16.9 Å². The molecule has 1 fully saturated rings. The van der Waals surface area contributed by atoms with E-state index in [1.165, 1.54) is 4.31 Å². The molecule has 0 unspecified atom stereocenters. The summed E-state index contributed by atoms with van der Waals surface area (Å²) in [6.07, 6.45) is 1.34. The number of benzene rings is 2. The van der Waals surface area contributed by atoms with Crippen molar-refractivity contribution in [1.82, 2.24) is 9.62 Å². The number of carbonyl (C=O) groups excluding carboxylic acids is 1. The summed E-state index contributed by atoms with van der Waals surface area (Å²) < 4.78 is 32.9. The van der Waals surface area contributed by atoms with Crippen LogP contribution in [0.3, 0.4) is 0 Å². The topological polar surface area (TPSA) is 75.7 Å². The highest BCUT2D eigenvalue weighted by molar-refractivity contribution is 7.89. The number of hydrogen-bond acceptors (Lipinski definition) is 4. The number of para-hydroxylation sites is 1. The maximum Gasteiger partial charge on any atom is 0.243 e. The van der Waals surface area contributed by atoms with Crippen LogP contribution in [0.25, 0.3) is 0 Å². The number of nitrogens with zero attached hydrogens (tertiary/aromatic N) is 1. The number of aryl methyl sites for hydroxylation is 1. The molecule has 1 aliphatic heterocycles. The summed E-state index contributed by atoms with van der Waals surface area (Å²) >= 11 is 0. The van der Waals surface area contributed by atoms with Crippen molar-refractivity contribution in [2.75, 3.05) is 19.7 Å². The molecule has 29 heavy (non-hydrogen) atoms. The fourth-order valence-electron chi connectivity index (χ4n) is 3.37. The second kappa shape index (κ2) is 9.41. The lowest BCUT2D eigenvalue weighted by Gasteiger charge is -2.31. The summed E-state index contributed by atoms with van der Waals surface area (Å²) in [4.78, 5) is 13.0. The lowest BCUT2D eigenvalue weighted by Crippen LogP contribution is -2.48. The standard InChI is InChI=1S/C22H28N2O4S/c1-17-10-12-21(13-11-17)29(26,27)24-14-6-7-19(15-24)22(25)23-18(2)16-28-20-8-4-3-5-9-20/h3-5,8-13,18-19H,6-7,14-16H2,1-2H3,(H,23,25)/t18-,19-/m0/s1. The average molecular weight is 417 g/mol. The van der Waals surface area contributed by atoms with Crippen molar-refractivity contribution in [3.63, 3.8) is 0 Å². The number of hydrogen-bond donors (Lipinski definition) is 1. The third kappa shape index (κ3) is 5.58. The van der Waals surface area contributed by atoms with Gasteiger partial charge in [-0.2, -0.15) is 4.31 Å². The van der Waals surface area contributed by atoms with Crippen LogP contribution < -0.4 is 10.1 Å². The van der Waals surface area contributed by atoms with E-state index in [1.54, 1.807) is 24.3 Å². The van der Waals surface area contributed by atoms with Crippen LogP contribution in [-0.2, 0) is 14.8 Å². The van der Waals surface area contributed by atoms with Gasteiger partial charge in [0.1, 0.15) is 12.4 Å². The molecule has 6 nitrogen and oxygen atoms in total. The normalized spacial score (nSPS) is 18.8. The maximum absolute atomic E-state index is 12.9. The molecule has 2 atom stereocenters. The maximum atomic E-state index is 12.9. The third-order valence-corrected chi connectivity index (χ3v) is 6.92. The van der Waals surface area contributed by atoms with Crippen LogP contribution in [0.15, 0.2) is 59.5 Å². The predicted octanol–water partition coefficient (Wildman–Crippen LogP) is 2.98. The van der Waals surface area contributed by atoms with Crippen LogP contribution in [0.2, 0.25) is 0 Å². The van der Waals surface area contributed by atoms with Gasteiger partial charge in [-0.05, 0) is 51.0 Å². The van der Waals surface area contributed by atoms with Crippen molar-refractivity contribution in [1.29, 1.82) is 0 Å². The van der Waals surface area contributed by atoms with E-state index in [4.69, 9.17) is 4.74 Å². The first-order chi connectivity index (χ1) is 13.9. The molecule has 1 amide bonds. The van der Waals surface area contributed by atoms with Crippen molar-refractivity contribution >= 4 is 15.9 Å². The highest BCUT2D eigenvalue weighted by atomic mass is 32.2. The molecule has 0 radical (unpaired) electrons. The SMILES string of the molecule is Cc1ccc(S(=O)(=O)N2CCC[C@H](C(=O)N[C@@H](C)COc3ccccc3)C2)cc1. The highest BCUT2D eigenvalue weighted by Gasteiger charge is 2.33. The van der Waals surface area contributed by atoms with Crippen molar-refractivity contribution in [3.05, 3.63) is 60.2 Å². The Bertz CT molecular complexity index is 914. The van der Waals surface area contributed by atoms with Gasteiger partial charge in [-0.1, -0.05) is 35.9 Å². The second-order valence-electron chi connectivity index (χ2n) is 7.55. The molecule has 156 valence electrons. The number of sulfonamides is 1. The summed E-state index contributed by atoms with van der Waals surface area (Å²) in [5, 5.41) is 2.95. The van der Waals surface area contributed by atoms with Crippen LogP contribution >= 0.6 is 0 Å². The van der Waals surface area contributed by atoms with Gasteiger partial charge in [-0.25, -0.2) is 8.42 Å². The average Bonchev–Trinajstić information content (AvgIpc) is 2.73. The van der Waals surface area contributed by atoms with Gasteiger partial charge in [0.15, 0.2) is 0 Å². The molecule has 1 heterocycles. The van der Waals surface area contributed by atoms with E-state index in [0.717, 1.165) is 11.3 Å². The van der Waals surface area contributed by atoms with E-state index in [1.807, 2.05) is 44.2 Å². The summed E-state index contributed by atoms with van der Waals surface area (Å²) in [6.45, 7) is 4.79. The summed E-state index contributed by atoms with van der Waals surface area (Å²) in [5.74, 6) is 0.266. The number of carbonyl (C=O) groups is 1. The molecule has 0 bridgehead atoms. The Morgan fingerprint density at radius 2 is 1.86 bits per heavy atom. The number of rotatable bonds is 7. The van der Waals surface area contributed by atoms with Crippen molar-refractivity contribution in [2.24, 2.45) is 5.92 Å². The van der Waals surface area contributed by atoms with Crippen LogP contribution in [0.4, 0.5) is 0 Å². The number of piperidine rings is 1. The van der Waals surface area contributed by atoms with E-state index < -0.39 is 10.0 Å². The van der Waals surface area contributed by atoms with E-state index in [2.05, 4.69) is 5.32 Å². The Morgan fingerprint density at radius 3 is 2.55 bits per heavy atom. The Kier molecular flexibility index (Phi) is 6.92. The monoisotopic (exact) mass is 416 g/mol. The Labute approximate surface area is 172 Å². The lowest BCUT2D eigenvalue weighted by molar-refractivity contribution is -0.126. The van der Waals surface area contributed by atoms with Crippen LogP contribution in [-0.4, -0.2) is 44.4 Å². The molecular formula is C22H28N2O4S. The van der Waals surface area contributed by atoms with Gasteiger partial charge in [0.25, 0.3) is 0 Å². The summed E-state index contributed by atoms with van der Waals surface area (Å²) in [6, 6.07) is 16.1. The smallest absolute Gasteiger partial charge is 0.243 e. The molecular weight excluding hydrogens is 388 g/mol. The molecule has 2 aromatic carbocycles. The van der Waals surface area contributed by atoms with E-state index >= 15 is 0 Å². The zero-order valence-corrected chi connectivity index (χ0v) is 17.7. The van der Waals surface area contributed by atoms with Gasteiger partial charge in [-0.3, -0.25) is 4.79 Å². The minimum atomic E-state index is -3.59. The van der Waals surface area contributed by atoms with Gasteiger partial charge < -0.3 is 10.1 Å². The molecule has 1 N–H and O–H groups in total. The quantitative estimate of drug-likeness (QED) is 0.753. The predicted molar refractivity (Wildman–Crippen MR) is 112 cm³/mol. The first-order valence-electron chi connectivity index (χ1n) is 9.91. The van der Waals surface area contributed by atoms with Crippen molar-refractivity contribution in [3.8, 4) is 5.75 Å². The first-order valence-corrected chi connectivity index (χ1v) is 11.4. The molecule has 7 heteroatoms. The summed E-state index contributed by atoms with van der Waals surface area (Å²) in [7, 11) is -3.59. The zero-order chi connectivity index (χ0) is 20.9. The van der Waals surface area contributed by atoms with E-state index in [-0.39, 0.29) is 29.3 Å². The molecule has 0 aromatic heterocycles. The van der Waals surface area contributed by atoms with E-state index in [9.17, 15) is 13.2 Å². The lowest BCUT2D eigenvalue weighted by atomic mass is 9.98. The molecule has 3 rings (SSSR count). The fraction of sp³-hybridized carbons (Fsp3) is 0.409. The molecule has 0 saturated carbocycles. The second-order valence-corrected chi connectivity index (χ2v) is 9.49. The molecule has 0 spiro atoms. The number of ether oxygens (including phenoxy) is 1. The molecule has 1 aliphatic rings. The van der Waals surface area contributed by atoms with Crippen molar-refractivity contribution < 1.29 is 17.9 Å². The molecule has 0 aliphatic carbocycles. The molecule has 1 saturated heterocycles. The number of amides is 1. The Hall–Kier alpha value is -2.38. The van der Waals surface area contributed by atoms with Crippen LogP contribution in [0.5, 0.6) is 5.75 Å². The Balaban J connectivity index is 1.56. The number of nitrogens with one attached hydrogen (secondary N) is 1. The highest BCUT2D eigenvalue weighted by Crippen LogP contribution is 2.24. The third-order valence-electron chi connectivity index (χ3n) is 5.05. The van der Waals surface area contributed by atoms with Gasteiger partial charge in [0, 0.05) is 13.1 Å². The summed E-state index contributed by atoms with van der Waals surface area (Å²) in [5.41, 5.74) is 1.01. The largest absolute Gasteiger partial charge is 0.491 e.